The van der Waals surface area contributed by atoms with Crippen LogP contribution in [0, 0.1) is 0 Å². The zero-order chi connectivity index (χ0) is 17.6. The molecule has 1 heterocycles. The summed E-state index contributed by atoms with van der Waals surface area (Å²) < 4.78 is 42.3. The maximum absolute atomic E-state index is 12.4. The molecular weight excluding hydrogens is 335 g/mol. The van der Waals surface area contributed by atoms with Gasteiger partial charge in [0, 0.05) is 16.8 Å². The maximum atomic E-state index is 12.4. The van der Waals surface area contributed by atoms with Gasteiger partial charge in [-0.05, 0) is 24.6 Å². The Morgan fingerprint density at radius 2 is 2.04 bits per heavy atom. The quantitative estimate of drug-likeness (QED) is 0.831. The van der Waals surface area contributed by atoms with Gasteiger partial charge in [0.05, 0.1) is 12.8 Å². The fourth-order valence-corrected chi connectivity index (χ4v) is 1.48. The second kappa shape index (κ2) is 7.77. The van der Waals surface area contributed by atoms with E-state index in [4.69, 9.17) is 16.3 Å². The summed E-state index contributed by atoms with van der Waals surface area (Å²) in [6.07, 6.45) is -1.40. The van der Waals surface area contributed by atoms with Gasteiger partial charge >= 0.3 is 12.1 Å². The molecule has 1 aromatic heterocycles. The lowest BCUT2D eigenvalue weighted by atomic mass is 10.1. The number of aromatic nitrogens is 2. The van der Waals surface area contributed by atoms with E-state index in [0.717, 1.165) is 0 Å². The molecule has 1 N–H and O–H groups in total. The van der Waals surface area contributed by atoms with Crippen LogP contribution in [-0.4, -0.2) is 29.2 Å². The fourth-order valence-electron chi connectivity index (χ4n) is 1.42. The number of nitrogens with one attached hydrogen (secondary N) is 1. The predicted octanol–water partition coefficient (Wildman–Crippen LogP) is 3.20. The van der Waals surface area contributed by atoms with Crippen molar-refractivity contribution in [3.8, 4) is 5.88 Å². The van der Waals surface area contributed by atoms with Crippen LogP contribution >= 0.6 is 11.6 Å². The number of hydrogen-bond donors (Lipinski definition) is 1. The van der Waals surface area contributed by atoms with E-state index in [1.807, 2.05) is 0 Å². The summed E-state index contributed by atoms with van der Waals surface area (Å²) >= 11 is 5.56. The SMILES string of the molecule is C=C(Cl)/C=C\C(NC(=O)C(F)(F)F)=C(/C)c1cc(OC)ncn1. The van der Waals surface area contributed by atoms with Crippen LogP contribution in [0.25, 0.3) is 5.57 Å². The number of amides is 1. The van der Waals surface area contributed by atoms with Gasteiger partial charge in [0.15, 0.2) is 0 Å². The average Bonchev–Trinajstić information content (AvgIpc) is 2.49. The number of halogens is 4. The zero-order valence-electron chi connectivity index (χ0n) is 12.2. The third-order valence-corrected chi connectivity index (χ3v) is 2.70. The van der Waals surface area contributed by atoms with Crippen molar-refractivity contribution in [2.45, 2.75) is 13.1 Å². The fraction of sp³-hybridized carbons (Fsp3) is 0.214. The summed E-state index contributed by atoms with van der Waals surface area (Å²) in [5.74, 6) is -1.89. The lowest BCUT2D eigenvalue weighted by Crippen LogP contribution is -2.36. The van der Waals surface area contributed by atoms with Gasteiger partial charge in [-0.25, -0.2) is 9.97 Å². The molecule has 0 bridgehead atoms. The molecule has 0 unspecified atom stereocenters. The van der Waals surface area contributed by atoms with Crippen molar-refractivity contribution in [1.82, 2.24) is 15.3 Å². The molecule has 0 aliphatic heterocycles. The second-order valence-corrected chi connectivity index (χ2v) is 4.70. The first-order chi connectivity index (χ1) is 10.6. The number of carbonyl (C=O) groups is 1. The average molecular weight is 348 g/mol. The number of ether oxygens (including phenoxy) is 1. The molecule has 0 fully saturated rings. The van der Waals surface area contributed by atoms with Gasteiger partial charge in [-0.3, -0.25) is 4.79 Å². The number of alkyl halides is 3. The van der Waals surface area contributed by atoms with Gasteiger partial charge < -0.3 is 10.1 Å². The summed E-state index contributed by atoms with van der Waals surface area (Å²) in [5, 5.41) is 1.86. The predicted molar refractivity (Wildman–Crippen MR) is 79.5 cm³/mol. The van der Waals surface area contributed by atoms with E-state index < -0.39 is 12.1 Å². The highest BCUT2D eigenvalue weighted by atomic mass is 35.5. The molecule has 0 saturated heterocycles. The standard InChI is InChI=1S/C14H13ClF3N3O2/c1-8(15)4-5-10(21-13(22)14(16,17)18)9(2)11-6-12(23-3)20-7-19-11/h4-7H,1H2,2-3H3,(H,21,22)/b5-4-,10-9-. The summed E-state index contributed by atoms with van der Waals surface area (Å²) in [6.45, 7) is 4.87. The Morgan fingerprint density at radius 1 is 1.39 bits per heavy atom. The Bertz CT molecular complexity index is 669. The second-order valence-electron chi connectivity index (χ2n) is 4.22. The highest BCUT2D eigenvalue weighted by Crippen LogP contribution is 2.21. The highest BCUT2D eigenvalue weighted by Gasteiger charge is 2.39. The number of methoxy groups -OCH3 is 1. The molecule has 5 nitrogen and oxygen atoms in total. The number of carbonyl (C=O) groups excluding carboxylic acids is 1. The summed E-state index contributed by atoms with van der Waals surface area (Å²) in [4.78, 5) is 18.9. The molecule has 0 aromatic carbocycles. The Morgan fingerprint density at radius 3 is 2.57 bits per heavy atom. The Balaban J connectivity index is 3.29. The molecule has 0 radical (unpaired) electrons. The summed E-state index contributed by atoms with van der Waals surface area (Å²) in [5.41, 5.74) is 0.409. The van der Waals surface area contributed by atoms with Crippen molar-refractivity contribution >= 4 is 23.1 Å². The first kappa shape index (κ1) is 18.7. The Hall–Kier alpha value is -2.35. The largest absolute Gasteiger partial charge is 0.481 e. The lowest BCUT2D eigenvalue weighted by molar-refractivity contribution is -0.172. The third-order valence-electron chi connectivity index (χ3n) is 2.58. The molecule has 1 amide bonds. The van der Waals surface area contributed by atoms with Gasteiger partial charge in [0.25, 0.3) is 0 Å². The molecule has 1 rings (SSSR count). The summed E-state index contributed by atoms with van der Waals surface area (Å²) in [7, 11) is 1.38. The first-order valence-corrected chi connectivity index (χ1v) is 6.51. The number of allylic oxidation sites excluding steroid dienone is 4. The third kappa shape index (κ3) is 5.74. The molecule has 23 heavy (non-hydrogen) atoms. The van der Waals surface area contributed by atoms with Gasteiger partial charge in [-0.2, -0.15) is 13.2 Å². The molecule has 0 atom stereocenters. The van der Waals surface area contributed by atoms with Crippen LogP contribution in [0.15, 0.2) is 41.9 Å². The van der Waals surface area contributed by atoms with Crippen molar-refractivity contribution in [2.75, 3.05) is 7.11 Å². The van der Waals surface area contributed by atoms with E-state index in [2.05, 4.69) is 16.5 Å². The van der Waals surface area contributed by atoms with Crippen LogP contribution in [0.3, 0.4) is 0 Å². The van der Waals surface area contributed by atoms with E-state index in [1.165, 1.54) is 38.6 Å². The molecule has 0 aliphatic carbocycles. The van der Waals surface area contributed by atoms with Crippen molar-refractivity contribution in [1.29, 1.82) is 0 Å². The van der Waals surface area contributed by atoms with E-state index in [1.54, 1.807) is 5.32 Å². The van der Waals surface area contributed by atoms with E-state index in [9.17, 15) is 18.0 Å². The van der Waals surface area contributed by atoms with Crippen LogP contribution in [0.4, 0.5) is 13.2 Å². The van der Waals surface area contributed by atoms with Crippen LogP contribution in [0.1, 0.15) is 12.6 Å². The van der Waals surface area contributed by atoms with Crippen LogP contribution < -0.4 is 10.1 Å². The van der Waals surface area contributed by atoms with Crippen molar-refractivity contribution in [3.05, 3.63) is 47.5 Å². The van der Waals surface area contributed by atoms with Gasteiger partial charge in [0.2, 0.25) is 5.88 Å². The van der Waals surface area contributed by atoms with Gasteiger partial charge in [0.1, 0.15) is 6.33 Å². The highest BCUT2D eigenvalue weighted by molar-refractivity contribution is 6.30. The van der Waals surface area contributed by atoms with Crippen LogP contribution in [0.5, 0.6) is 5.88 Å². The number of hydrogen-bond acceptors (Lipinski definition) is 4. The monoisotopic (exact) mass is 347 g/mol. The number of rotatable bonds is 5. The van der Waals surface area contributed by atoms with E-state index >= 15 is 0 Å². The first-order valence-electron chi connectivity index (χ1n) is 6.13. The minimum atomic E-state index is -5.03. The van der Waals surface area contributed by atoms with Crippen molar-refractivity contribution in [2.24, 2.45) is 0 Å². The Kier molecular flexibility index (Phi) is 6.32. The van der Waals surface area contributed by atoms with Gasteiger partial charge in [-0.15, -0.1) is 0 Å². The topological polar surface area (TPSA) is 64.1 Å². The lowest BCUT2D eigenvalue weighted by Gasteiger charge is -2.12. The normalized spacial score (nSPS) is 12.8. The Labute approximate surface area is 135 Å². The van der Waals surface area contributed by atoms with Crippen molar-refractivity contribution < 1.29 is 22.7 Å². The molecular formula is C14H13ClF3N3O2. The molecule has 9 heteroatoms. The van der Waals surface area contributed by atoms with Crippen LogP contribution in [0.2, 0.25) is 0 Å². The zero-order valence-corrected chi connectivity index (χ0v) is 13.0. The maximum Gasteiger partial charge on any atom is 0.471 e. The van der Waals surface area contributed by atoms with E-state index in [-0.39, 0.29) is 27.9 Å². The number of nitrogens with zero attached hydrogens (tertiary/aromatic N) is 2. The molecule has 0 saturated carbocycles. The molecule has 124 valence electrons. The smallest absolute Gasteiger partial charge is 0.471 e. The van der Waals surface area contributed by atoms with Crippen LogP contribution in [-0.2, 0) is 4.79 Å². The minimum absolute atomic E-state index is 0.0804. The van der Waals surface area contributed by atoms with Crippen molar-refractivity contribution in [3.63, 3.8) is 0 Å². The molecule has 0 aliphatic rings. The molecule has 1 aromatic rings. The minimum Gasteiger partial charge on any atom is -0.481 e. The van der Waals surface area contributed by atoms with Gasteiger partial charge in [-0.1, -0.05) is 18.2 Å². The summed E-state index contributed by atoms with van der Waals surface area (Å²) in [6, 6.07) is 1.42. The van der Waals surface area contributed by atoms with E-state index in [0.29, 0.717) is 0 Å². The molecule has 0 spiro atoms.